The minimum Gasteiger partial charge on any atom is -0.724 e. The molecule has 1 aromatic carbocycles. The molecule has 0 aromatic heterocycles. The van der Waals surface area contributed by atoms with Gasteiger partial charge in [0.1, 0.15) is 5.75 Å². The molecule has 1 aromatic rings. The molecular weight excluding hydrogens is 220 g/mol. The number of hydrogen-bond acceptors (Lipinski definition) is 3. The quantitative estimate of drug-likeness (QED) is 0.543. The fourth-order valence-electron chi connectivity index (χ4n) is 0.557. The summed E-state index contributed by atoms with van der Waals surface area (Å²) in [7, 11) is 1.66. The normalized spacial score (nSPS) is 5.67. The van der Waals surface area contributed by atoms with Crippen LogP contribution < -0.4 is 4.74 Å². The van der Waals surface area contributed by atoms with E-state index in [9.17, 15) is 0 Å². The fraction of sp³-hybridized carbons (Fsp3) is 0.111. The van der Waals surface area contributed by atoms with E-state index >= 15 is 0 Å². The SMILES string of the molecule is COc1ccccc1.Cl.[N-]=C=O.[N-]=C=O. The second-order valence-electron chi connectivity index (χ2n) is 1.70. The molecule has 0 atom stereocenters. The molecule has 0 aliphatic rings. The Bertz CT molecular complexity index is 279. The molecule has 0 unspecified atom stereocenters. The number of hydrogen-bond donors (Lipinski definition) is 0. The summed E-state index contributed by atoms with van der Waals surface area (Å²) < 4.78 is 4.91. The second kappa shape index (κ2) is 18.0. The lowest BCUT2D eigenvalue weighted by Gasteiger charge is -1.93. The van der Waals surface area contributed by atoms with Gasteiger partial charge in [-0.25, -0.2) is 0 Å². The van der Waals surface area contributed by atoms with Crippen LogP contribution in [0.4, 0.5) is 0 Å². The number of halogens is 1. The van der Waals surface area contributed by atoms with Gasteiger partial charge in [-0.1, -0.05) is 18.2 Å². The maximum absolute atomic E-state index is 8.24. The van der Waals surface area contributed by atoms with Crippen LogP contribution >= 0.6 is 12.4 Å². The number of isocyanates is 2. The molecule has 6 heteroatoms. The molecule has 0 aliphatic heterocycles. The molecule has 15 heavy (non-hydrogen) atoms. The Hall–Kier alpha value is -1.93. The van der Waals surface area contributed by atoms with Crippen LogP contribution in [0.2, 0.25) is 0 Å². The Morgan fingerprint density at radius 2 is 1.40 bits per heavy atom. The first-order chi connectivity index (χ1) is 6.76. The number of para-hydroxylation sites is 1. The van der Waals surface area contributed by atoms with Crippen molar-refractivity contribution in [3.05, 3.63) is 41.2 Å². The van der Waals surface area contributed by atoms with Crippen molar-refractivity contribution in [2.75, 3.05) is 7.11 Å². The summed E-state index contributed by atoms with van der Waals surface area (Å²) in [6.07, 6.45) is 1.00. The molecule has 0 radical (unpaired) electrons. The van der Waals surface area contributed by atoms with Crippen LogP contribution in [0.15, 0.2) is 30.3 Å². The molecule has 0 N–H and O–H groups in total. The molecular formula is C9H9ClN2O3-2. The van der Waals surface area contributed by atoms with E-state index in [4.69, 9.17) is 25.1 Å². The number of ether oxygens (including phenoxy) is 1. The van der Waals surface area contributed by atoms with Crippen LogP contribution in [-0.4, -0.2) is 19.3 Å². The van der Waals surface area contributed by atoms with E-state index in [2.05, 4.69) is 0 Å². The molecule has 0 saturated heterocycles. The fourth-order valence-corrected chi connectivity index (χ4v) is 0.557. The molecule has 1 rings (SSSR count). The van der Waals surface area contributed by atoms with E-state index in [1.54, 1.807) is 7.11 Å². The first-order valence-corrected chi connectivity index (χ1v) is 3.38. The molecule has 0 saturated carbocycles. The topological polar surface area (TPSA) is 88.0 Å². The van der Waals surface area contributed by atoms with Crippen LogP contribution in [0.3, 0.4) is 0 Å². The van der Waals surface area contributed by atoms with Gasteiger partial charge in [0.15, 0.2) is 0 Å². The molecule has 5 nitrogen and oxygen atoms in total. The first kappa shape index (κ1) is 18.8. The third-order valence-electron chi connectivity index (χ3n) is 0.979. The molecule has 0 bridgehead atoms. The highest BCUT2D eigenvalue weighted by molar-refractivity contribution is 5.85. The van der Waals surface area contributed by atoms with Crippen LogP contribution in [-0.2, 0) is 9.59 Å². The second-order valence-corrected chi connectivity index (χ2v) is 1.70. The van der Waals surface area contributed by atoms with Crippen LogP contribution in [0, 0.1) is 0 Å². The van der Waals surface area contributed by atoms with Crippen molar-refractivity contribution in [2.45, 2.75) is 0 Å². The zero-order valence-corrected chi connectivity index (χ0v) is 8.73. The minimum absolute atomic E-state index is 0. The predicted molar refractivity (Wildman–Crippen MR) is 58.3 cm³/mol. The number of nitrogens with zero attached hydrogens (tertiary/aromatic N) is 2. The molecule has 0 fully saturated rings. The maximum Gasteiger partial charge on any atom is 0.118 e. The number of rotatable bonds is 1. The van der Waals surface area contributed by atoms with E-state index in [1.807, 2.05) is 30.3 Å². The molecule has 0 amide bonds. The number of methoxy groups -OCH3 is 1. The van der Waals surface area contributed by atoms with Gasteiger partial charge in [-0.2, -0.15) is 0 Å². The molecule has 0 spiro atoms. The van der Waals surface area contributed by atoms with Crippen LogP contribution in [0.1, 0.15) is 0 Å². The summed E-state index contributed by atoms with van der Waals surface area (Å²) >= 11 is 0. The Morgan fingerprint density at radius 3 is 1.60 bits per heavy atom. The summed E-state index contributed by atoms with van der Waals surface area (Å²) in [5, 5.41) is 13.5. The Balaban J connectivity index is -0.000000177. The lowest BCUT2D eigenvalue weighted by molar-refractivity contribution is 0.415. The van der Waals surface area contributed by atoms with Crippen molar-refractivity contribution in [1.29, 1.82) is 0 Å². The van der Waals surface area contributed by atoms with E-state index in [0.717, 1.165) is 5.75 Å². The lowest BCUT2D eigenvalue weighted by atomic mass is 10.3. The van der Waals surface area contributed by atoms with Gasteiger partial charge >= 0.3 is 0 Å². The Labute approximate surface area is 93.5 Å². The van der Waals surface area contributed by atoms with Crippen LogP contribution in [0.25, 0.3) is 10.8 Å². The van der Waals surface area contributed by atoms with Gasteiger partial charge in [0, 0.05) is 0 Å². The largest absolute Gasteiger partial charge is 0.724 e. The molecule has 0 heterocycles. The van der Waals surface area contributed by atoms with Gasteiger partial charge in [-0.15, -0.1) is 12.4 Å². The monoisotopic (exact) mass is 228 g/mol. The highest BCUT2D eigenvalue weighted by atomic mass is 35.5. The molecule has 82 valence electrons. The highest BCUT2D eigenvalue weighted by Gasteiger charge is 1.80. The van der Waals surface area contributed by atoms with Crippen molar-refractivity contribution in [1.82, 2.24) is 0 Å². The van der Waals surface area contributed by atoms with E-state index in [1.165, 1.54) is 0 Å². The van der Waals surface area contributed by atoms with E-state index in [-0.39, 0.29) is 12.4 Å². The van der Waals surface area contributed by atoms with Crippen molar-refractivity contribution in [3.8, 4) is 5.75 Å². The smallest absolute Gasteiger partial charge is 0.118 e. The predicted octanol–water partition coefficient (Wildman–Crippen LogP) is 1.90. The van der Waals surface area contributed by atoms with E-state index in [0.29, 0.717) is 12.2 Å². The first-order valence-electron chi connectivity index (χ1n) is 3.38. The van der Waals surface area contributed by atoms with Crippen molar-refractivity contribution in [3.63, 3.8) is 0 Å². The van der Waals surface area contributed by atoms with Crippen molar-refractivity contribution in [2.24, 2.45) is 0 Å². The van der Waals surface area contributed by atoms with Crippen molar-refractivity contribution < 1.29 is 14.3 Å². The molecule has 0 aliphatic carbocycles. The van der Waals surface area contributed by atoms with Gasteiger partial charge in [0.2, 0.25) is 0 Å². The lowest BCUT2D eigenvalue weighted by Crippen LogP contribution is -1.78. The van der Waals surface area contributed by atoms with Gasteiger partial charge < -0.3 is 15.6 Å². The average Bonchev–Trinajstić information content (AvgIpc) is 2.21. The summed E-state index contributed by atoms with van der Waals surface area (Å²) in [5.74, 6) is 0.910. The van der Waals surface area contributed by atoms with Gasteiger partial charge in [0.25, 0.3) is 0 Å². The zero-order valence-electron chi connectivity index (χ0n) is 7.91. The minimum atomic E-state index is 0. The summed E-state index contributed by atoms with van der Waals surface area (Å²) in [5.41, 5.74) is 0. The third-order valence-corrected chi connectivity index (χ3v) is 0.979. The van der Waals surface area contributed by atoms with Gasteiger partial charge in [-0.3, -0.25) is 9.59 Å². The summed E-state index contributed by atoms with van der Waals surface area (Å²) in [6.45, 7) is 0. The van der Waals surface area contributed by atoms with Gasteiger partial charge in [0.05, 0.1) is 7.11 Å². The number of carbonyl (C=O) groups excluding carboxylic acids is 2. The van der Waals surface area contributed by atoms with Gasteiger partial charge in [-0.05, 0) is 24.3 Å². The highest BCUT2D eigenvalue weighted by Crippen LogP contribution is 2.05. The Kier molecular flexibility index (Phi) is 22.5. The van der Waals surface area contributed by atoms with Crippen LogP contribution in [0.5, 0.6) is 5.75 Å². The maximum atomic E-state index is 8.24. The number of benzene rings is 1. The van der Waals surface area contributed by atoms with Crippen molar-refractivity contribution >= 4 is 24.6 Å². The average molecular weight is 229 g/mol. The standard InChI is InChI=1S/C7H8O.2CNO.ClH/c1-8-7-5-3-2-4-6-7;2*2-1-3;/h2-6H,1H3;;;1H/q;2*-1;. The Morgan fingerprint density at radius 1 is 1.07 bits per heavy atom. The zero-order chi connectivity index (χ0) is 11.2. The summed E-state index contributed by atoms with van der Waals surface area (Å²) in [4.78, 5) is 16.5. The third kappa shape index (κ3) is 18.8. The summed E-state index contributed by atoms with van der Waals surface area (Å²) in [6, 6.07) is 9.68. The van der Waals surface area contributed by atoms with E-state index < -0.39 is 0 Å².